The van der Waals surface area contributed by atoms with E-state index in [1.54, 1.807) is 56.3 Å². The number of amides is 2. The van der Waals surface area contributed by atoms with Crippen LogP contribution in [0.2, 0.25) is 0 Å². The third-order valence-corrected chi connectivity index (χ3v) is 8.89. The van der Waals surface area contributed by atoms with Gasteiger partial charge in [-0.1, -0.05) is 78.4 Å². The third kappa shape index (κ3) is 7.87. The van der Waals surface area contributed by atoms with Gasteiger partial charge in [0.1, 0.15) is 18.4 Å². The maximum absolute atomic E-state index is 14.4. The SMILES string of the molecule is CCNC(=O)[C@@H](Cc1ccccc1)N(Cc1ccc(F)cc1)C(=O)CN(c1ccc(C)cc1C)S(=O)(=O)c1ccccc1. The standard InChI is InChI=1S/C34H36FN3O4S/c1-4-36-34(40)32(22-27-11-7-5-8-12-27)37(23-28-16-18-29(35)19-17-28)33(39)24-38(31-20-15-25(2)21-26(31)3)43(41,42)30-13-9-6-10-14-30/h5-21,32H,4,22-24H2,1-3H3,(H,36,40)/t32-/m1/s1. The van der Waals surface area contributed by atoms with Crippen molar-refractivity contribution >= 4 is 27.5 Å². The molecule has 4 aromatic rings. The Morgan fingerprint density at radius 2 is 1.47 bits per heavy atom. The van der Waals surface area contributed by atoms with Crippen molar-refractivity contribution in [3.05, 3.63) is 131 Å². The molecule has 0 fully saturated rings. The van der Waals surface area contributed by atoms with E-state index in [2.05, 4.69) is 5.32 Å². The van der Waals surface area contributed by atoms with Crippen molar-refractivity contribution in [3.63, 3.8) is 0 Å². The van der Waals surface area contributed by atoms with Crippen molar-refractivity contribution < 1.29 is 22.4 Å². The number of nitrogens with zero attached hydrogens (tertiary/aromatic N) is 2. The minimum atomic E-state index is -4.18. The fourth-order valence-electron chi connectivity index (χ4n) is 4.95. The summed E-state index contributed by atoms with van der Waals surface area (Å²) >= 11 is 0. The number of sulfonamides is 1. The number of halogens is 1. The Morgan fingerprint density at radius 3 is 2.07 bits per heavy atom. The van der Waals surface area contributed by atoms with E-state index in [1.807, 2.05) is 43.3 Å². The van der Waals surface area contributed by atoms with Crippen LogP contribution >= 0.6 is 0 Å². The number of carbonyl (C=O) groups excluding carboxylic acids is 2. The highest BCUT2D eigenvalue weighted by Gasteiger charge is 2.34. The van der Waals surface area contributed by atoms with Crippen LogP contribution in [0.5, 0.6) is 0 Å². The first-order valence-electron chi connectivity index (χ1n) is 14.1. The van der Waals surface area contributed by atoms with Crippen molar-refractivity contribution in [1.29, 1.82) is 0 Å². The minimum Gasteiger partial charge on any atom is -0.355 e. The highest BCUT2D eigenvalue weighted by Crippen LogP contribution is 2.28. The van der Waals surface area contributed by atoms with Crippen LogP contribution in [0.4, 0.5) is 10.1 Å². The van der Waals surface area contributed by atoms with Crippen LogP contribution in [0, 0.1) is 19.7 Å². The molecular formula is C34H36FN3O4S. The predicted molar refractivity (Wildman–Crippen MR) is 166 cm³/mol. The molecule has 224 valence electrons. The highest BCUT2D eigenvalue weighted by atomic mass is 32.2. The molecule has 1 atom stereocenters. The van der Waals surface area contributed by atoms with Crippen LogP contribution in [0.15, 0.2) is 108 Å². The van der Waals surface area contributed by atoms with Crippen LogP contribution in [0.3, 0.4) is 0 Å². The van der Waals surface area contributed by atoms with Gasteiger partial charge in [-0.15, -0.1) is 0 Å². The summed E-state index contributed by atoms with van der Waals surface area (Å²) in [6.45, 7) is 5.26. The maximum atomic E-state index is 14.4. The average Bonchev–Trinajstić information content (AvgIpc) is 3.00. The fraction of sp³-hybridized carbons (Fsp3) is 0.235. The molecule has 0 aliphatic heterocycles. The summed E-state index contributed by atoms with van der Waals surface area (Å²) in [6, 6.07) is 27.3. The van der Waals surface area contributed by atoms with E-state index in [1.165, 1.54) is 29.2 Å². The monoisotopic (exact) mass is 601 g/mol. The Kier molecular flexibility index (Phi) is 10.3. The van der Waals surface area contributed by atoms with Gasteiger partial charge in [-0.05, 0) is 67.8 Å². The number of likely N-dealkylation sites (N-methyl/N-ethyl adjacent to an activating group) is 1. The van der Waals surface area contributed by atoms with Gasteiger partial charge < -0.3 is 10.2 Å². The van der Waals surface area contributed by atoms with Gasteiger partial charge in [0, 0.05) is 19.5 Å². The van der Waals surface area contributed by atoms with E-state index in [9.17, 15) is 22.4 Å². The van der Waals surface area contributed by atoms with Crippen LogP contribution in [-0.2, 0) is 32.6 Å². The lowest BCUT2D eigenvalue weighted by Gasteiger charge is -2.34. The molecule has 0 aromatic heterocycles. The second kappa shape index (κ2) is 14.1. The van der Waals surface area contributed by atoms with E-state index >= 15 is 0 Å². The van der Waals surface area contributed by atoms with Crippen molar-refractivity contribution in [3.8, 4) is 0 Å². The molecule has 0 aliphatic rings. The molecule has 9 heteroatoms. The smallest absolute Gasteiger partial charge is 0.264 e. The molecule has 43 heavy (non-hydrogen) atoms. The zero-order valence-corrected chi connectivity index (χ0v) is 25.4. The first-order chi connectivity index (χ1) is 20.6. The van der Waals surface area contributed by atoms with Crippen LogP contribution < -0.4 is 9.62 Å². The van der Waals surface area contributed by atoms with Gasteiger partial charge in [-0.25, -0.2) is 12.8 Å². The van der Waals surface area contributed by atoms with E-state index < -0.39 is 34.3 Å². The third-order valence-electron chi connectivity index (χ3n) is 7.12. The van der Waals surface area contributed by atoms with Gasteiger partial charge in [0.25, 0.3) is 10.0 Å². The Hall–Kier alpha value is -4.50. The summed E-state index contributed by atoms with van der Waals surface area (Å²) in [5, 5.41) is 2.83. The van der Waals surface area contributed by atoms with Crippen LogP contribution in [0.1, 0.15) is 29.2 Å². The van der Waals surface area contributed by atoms with Crippen molar-refractivity contribution in [2.24, 2.45) is 0 Å². The minimum absolute atomic E-state index is 0.0279. The lowest BCUT2D eigenvalue weighted by atomic mass is 10.0. The zero-order chi connectivity index (χ0) is 31.0. The zero-order valence-electron chi connectivity index (χ0n) is 24.5. The van der Waals surface area contributed by atoms with E-state index in [0.717, 1.165) is 15.4 Å². The lowest BCUT2D eigenvalue weighted by Crippen LogP contribution is -2.53. The molecule has 2 amide bonds. The van der Waals surface area contributed by atoms with Crippen LogP contribution in [-0.4, -0.2) is 44.3 Å². The van der Waals surface area contributed by atoms with E-state index in [4.69, 9.17) is 0 Å². The molecule has 4 rings (SSSR count). The van der Waals surface area contributed by atoms with Crippen molar-refractivity contribution in [2.75, 3.05) is 17.4 Å². The van der Waals surface area contributed by atoms with Crippen molar-refractivity contribution in [1.82, 2.24) is 10.2 Å². The number of carbonyl (C=O) groups is 2. The van der Waals surface area contributed by atoms with Gasteiger partial charge in [-0.2, -0.15) is 0 Å². The van der Waals surface area contributed by atoms with Gasteiger partial charge in [0.05, 0.1) is 10.6 Å². The largest absolute Gasteiger partial charge is 0.355 e. The van der Waals surface area contributed by atoms with Gasteiger partial charge in [0.2, 0.25) is 11.8 Å². The second-order valence-electron chi connectivity index (χ2n) is 10.4. The number of nitrogens with one attached hydrogen (secondary N) is 1. The Labute approximate surface area is 253 Å². The Bertz CT molecular complexity index is 1650. The van der Waals surface area contributed by atoms with Gasteiger partial charge in [0.15, 0.2) is 0 Å². The molecule has 0 aliphatic carbocycles. The lowest BCUT2D eigenvalue weighted by molar-refractivity contribution is -0.140. The first kappa shape index (κ1) is 31.4. The summed E-state index contributed by atoms with van der Waals surface area (Å²) < 4.78 is 43.0. The summed E-state index contributed by atoms with van der Waals surface area (Å²) in [7, 11) is -4.18. The van der Waals surface area contributed by atoms with Gasteiger partial charge >= 0.3 is 0 Å². The topological polar surface area (TPSA) is 86.8 Å². The van der Waals surface area contributed by atoms with Gasteiger partial charge in [-0.3, -0.25) is 13.9 Å². The Morgan fingerprint density at radius 1 is 0.837 bits per heavy atom. The first-order valence-corrected chi connectivity index (χ1v) is 15.5. The van der Waals surface area contributed by atoms with E-state index in [-0.39, 0.29) is 23.8 Å². The number of aryl methyl sites for hydroxylation is 2. The quantitative estimate of drug-likeness (QED) is 0.235. The fourth-order valence-corrected chi connectivity index (χ4v) is 6.45. The van der Waals surface area contributed by atoms with E-state index in [0.29, 0.717) is 23.4 Å². The van der Waals surface area contributed by atoms with Crippen molar-refractivity contribution in [2.45, 2.75) is 44.7 Å². The Balaban J connectivity index is 1.81. The highest BCUT2D eigenvalue weighted by molar-refractivity contribution is 7.92. The predicted octanol–water partition coefficient (Wildman–Crippen LogP) is 5.41. The number of anilines is 1. The molecular weight excluding hydrogens is 565 g/mol. The van der Waals surface area contributed by atoms with Crippen LogP contribution in [0.25, 0.3) is 0 Å². The molecule has 0 saturated carbocycles. The number of hydrogen-bond acceptors (Lipinski definition) is 4. The molecule has 0 spiro atoms. The summed E-state index contributed by atoms with van der Waals surface area (Å²) in [5.41, 5.74) is 3.42. The maximum Gasteiger partial charge on any atom is 0.264 e. The molecule has 4 aromatic carbocycles. The molecule has 0 heterocycles. The molecule has 7 nitrogen and oxygen atoms in total. The second-order valence-corrected chi connectivity index (χ2v) is 12.2. The summed E-state index contributed by atoms with van der Waals surface area (Å²) in [5.74, 6) is -1.37. The normalized spacial score (nSPS) is 11.9. The molecule has 0 unspecified atom stereocenters. The number of hydrogen-bond donors (Lipinski definition) is 1. The number of rotatable bonds is 12. The molecule has 0 bridgehead atoms. The summed E-state index contributed by atoms with van der Waals surface area (Å²) in [4.78, 5) is 29.3. The average molecular weight is 602 g/mol. The molecule has 1 N–H and O–H groups in total. The molecule has 0 saturated heterocycles. The summed E-state index contributed by atoms with van der Waals surface area (Å²) in [6.07, 6.45) is 0.203. The molecule has 0 radical (unpaired) electrons. The number of benzene rings is 4.